The molecule has 36 heavy (non-hydrogen) atoms. The van der Waals surface area contributed by atoms with Gasteiger partial charge in [0.2, 0.25) is 0 Å². The molecule has 9 nitrogen and oxygen atoms in total. The van der Waals surface area contributed by atoms with E-state index in [1.54, 1.807) is 18.2 Å². The predicted molar refractivity (Wildman–Crippen MR) is 137 cm³/mol. The molecule has 0 saturated heterocycles. The monoisotopic (exact) mass is 527 g/mol. The first-order valence-electron chi connectivity index (χ1n) is 11.2. The summed E-state index contributed by atoms with van der Waals surface area (Å²) in [5.74, 6) is -0.649. The fourth-order valence-electron chi connectivity index (χ4n) is 3.96. The number of imide groups is 1. The van der Waals surface area contributed by atoms with Crippen molar-refractivity contribution in [3.8, 4) is 0 Å². The number of hydrogen-bond donors (Lipinski definition) is 3. The lowest BCUT2D eigenvalue weighted by atomic mass is 9.88. The summed E-state index contributed by atoms with van der Waals surface area (Å²) in [6, 6.07) is 13.9. The molecule has 1 aliphatic carbocycles. The minimum atomic E-state index is -3.76. The Morgan fingerprint density at radius 2 is 1.69 bits per heavy atom. The average molecular weight is 528 g/mol. The second-order valence-electron chi connectivity index (χ2n) is 8.45. The SMILES string of the molecule is COC(=O)NC(=O)c1c(NC(=O)c2ccc(NS(=O)(=O)c3ccccc3)cc2)sc2c1CCC(C)C2. The summed E-state index contributed by atoms with van der Waals surface area (Å²) in [7, 11) is -2.59. The number of hydrogen-bond acceptors (Lipinski definition) is 7. The molecule has 0 aliphatic heterocycles. The lowest BCUT2D eigenvalue weighted by molar-refractivity contribution is 0.0936. The Labute approximate surface area is 212 Å². The largest absolute Gasteiger partial charge is 0.453 e. The lowest BCUT2D eigenvalue weighted by Gasteiger charge is -2.18. The molecule has 1 heterocycles. The highest BCUT2D eigenvalue weighted by Crippen LogP contribution is 2.40. The first-order chi connectivity index (χ1) is 17.2. The van der Waals surface area contributed by atoms with Crippen LogP contribution in [0.15, 0.2) is 59.5 Å². The van der Waals surface area contributed by atoms with Crippen LogP contribution in [0.5, 0.6) is 0 Å². The Balaban J connectivity index is 1.54. The number of anilines is 2. The molecule has 188 valence electrons. The van der Waals surface area contributed by atoms with Gasteiger partial charge in [-0.25, -0.2) is 13.2 Å². The van der Waals surface area contributed by atoms with Crippen LogP contribution in [0.2, 0.25) is 0 Å². The van der Waals surface area contributed by atoms with Gasteiger partial charge in [0.25, 0.3) is 21.8 Å². The fraction of sp³-hybridized carbons (Fsp3) is 0.240. The highest BCUT2D eigenvalue weighted by molar-refractivity contribution is 7.92. The minimum Gasteiger partial charge on any atom is -0.453 e. The number of fused-ring (bicyclic) bond motifs is 1. The molecule has 0 saturated carbocycles. The molecule has 3 N–H and O–H groups in total. The predicted octanol–water partition coefficient (Wildman–Crippen LogP) is 4.42. The Morgan fingerprint density at radius 3 is 2.36 bits per heavy atom. The van der Waals surface area contributed by atoms with Crippen molar-refractivity contribution < 1.29 is 27.5 Å². The smallest absolute Gasteiger partial charge is 0.413 e. The number of rotatable bonds is 6. The summed E-state index contributed by atoms with van der Waals surface area (Å²) in [6.45, 7) is 2.13. The van der Waals surface area contributed by atoms with Crippen molar-refractivity contribution in [2.45, 2.75) is 31.1 Å². The van der Waals surface area contributed by atoms with E-state index in [0.717, 1.165) is 23.3 Å². The van der Waals surface area contributed by atoms with Crippen LogP contribution >= 0.6 is 11.3 Å². The van der Waals surface area contributed by atoms with Gasteiger partial charge in [-0.3, -0.25) is 19.6 Å². The molecule has 1 unspecified atom stereocenters. The van der Waals surface area contributed by atoms with Gasteiger partial charge in [-0.05, 0) is 67.1 Å². The van der Waals surface area contributed by atoms with Gasteiger partial charge >= 0.3 is 6.09 Å². The van der Waals surface area contributed by atoms with Gasteiger partial charge in [-0.15, -0.1) is 11.3 Å². The first-order valence-corrected chi connectivity index (χ1v) is 13.5. The van der Waals surface area contributed by atoms with Crippen LogP contribution in [-0.4, -0.2) is 33.4 Å². The number of benzene rings is 2. The van der Waals surface area contributed by atoms with Crippen molar-refractivity contribution in [2.24, 2.45) is 5.92 Å². The summed E-state index contributed by atoms with van der Waals surface area (Å²) >= 11 is 1.32. The fourth-order valence-corrected chi connectivity index (χ4v) is 6.45. The van der Waals surface area contributed by atoms with Gasteiger partial charge in [-0.2, -0.15) is 0 Å². The summed E-state index contributed by atoms with van der Waals surface area (Å²) in [5.41, 5.74) is 1.68. The van der Waals surface area contributed by atoms with E-state index in [4.69, 9.17) is 0 Å². The number of nitrogens with one attached hydrogen (secondary N) is 3. The first kappa shape index (κ1) is 25.4. The Morgan fingerprint density at radius 1 is 1.00 bits per heavy atom. The number of methoxy groups -OCH3 is 1. The zero-order chi connectivity index (χ0) is 25.9. The van der Waals surface area contributed by atoms with Crippen molar-refractivity contribution in [3.05, 3.63) is 76.2 Å². The van der Waals surface area contributed by atoms with Gasteiger partial charge in [-0.1, -0.05) is 25.1 Å². The average Bonchev–Trinajstić information content (AvgIpc) is 3.21. The zero-order valence-corrected chi connectivity index (χ0v) is 21.3. The minimum absolute atomic E-state index is 0.126. The molecule has 11 heteroatoms. The van der Waals surface area contributed by atoms with Crippen molar-refractivity contribution in [1.82, 2.24) is 5.32 Å². The number of amides is 3. The van der Waals surface area contributed by atoms with E-state index >= 15 is 0 Å². The van der Waals surface area contributed by atoms with Crippen LogP contribution in [-0.2, 0) is 27.6 Å². The van der Waals surface area contributed by atoms with Crippen LogP contribution in [0.4, 0.5) is 15.5 Å². The molecule has 0 fully saturated rings. The van der Waals surface area contributed by atoms with Crippen molar-refractivity contribution >= 4 is 50.0 Å². The maximum atomic E-state index is 13.0. The van der Waals surface area contributed by atoms with Crippen LogP contribution in [0, 0.1) is 5.92 Å². The Kier molecular flexibility index (Phi) is 7.41. The van der Waals surface area contributed by atoms with Gasteiger partial charge in [0.15, 0.2) is 0 Å². The second kappa shape index (κ2) is 10.5. The second-order valence-corrected chi connectivity index (χ2v) is 11.2. The van der Waals surface area contributed by atoms with E-state index in [1.807, 2.05) is 0 Å². The molecular weight excluding hydrogens is 502 g/mol. The third-order valence-corrected chi connectivity index (χ3v) is 8.39. The molecule has 0 bridgehead atoms. The molecule has 2 aromatic carbocycles. The quantitative estimate of drug-likeness (QED) is 0.435. The summed E-state index contributed by atoms with van der Waals surface area (Å²) in [4.78, 5) is 38.6. The van der Waals surface area contributed by atoms with E-state index < -0.39 is 27.9 Å². The summed E-state index contributed by atoms with van der Waals surface area (Å²) in [5, 5.41) is 5.33. The molecule has 1 atom stereocenters. The number of ether oxygens (including phenoxy) is 1. The number of carbonyl (C=O) groups excluding carboxylic acids is 3. The Hall–Kier alpha value is -3.70. The zero-order valence-electron chi connectivity index (χ0n) is 19.7. The molecule has 1 aliphatic rings. The summed E-state index contributed by atoms with van der Waals surface area (Å²) in [6.07, 6.45) is 1.47. The number of thiophene rings is 1. The maximum absolute atomic E-state index is 13.0. The molecular formula is C25H25N3O6S2. The molecule has 1 aromatic heterocycles. The van der Waals surface area contributed by atoms with Crippen LogP contribution in [0.25, 0.3) is 0 Å². The highest BCUT2D eigenvalue weighted by Gasteiger charge is 2.29. The van der Waals surface area contributed by atoms with E-state index in [1.165, 1.54) is 54.8 Å². The van der Waals surface area contributed by atoms with E-state index in [-0.39, 0.29) is 16.0 Å². The van der Waals surface area contributed by atoms with E-state index in [0.29, 0.717) is 23.0 Å². The maximum Gasteiger partial charge on any atom is 0.413 e. The number of sulfonamides is 1. The van der Waals surface area contributed by atoms with Crippen LogP contribution < -0.4 is 15.4 Å². The normalized spacial score (nSPS) is 14.9. The third kappa shape index (κ3) is 5.58. The van der Waals surface area contributed by atoms with Crippen molar-refractivity contribution in [1.29, 1.82) is 0 Å². The molecule has 3 aromatic rings. The number of carbonyl (C=O) groups is 3. The standard InChI is InChI=1S/C25H25N3O6S2/c1-15-8-13-19-20(14-15)35-24(21(19)23(30)27-25(31)34-2)26-22(29)16-9-11-17(12-10-16)28-36(32,33)18-6-4-3-5-7-18/h3-7,9-12,15,28H,8,13-14H2,1-2H3,(H,26,29)(H,27,30,31). The van der Waals surface area contributed by atoms with Gasteiger partial charge < -0.3 is 10.1 Å². The Bertz CT molecular complexity index is 1400. The van der Waals surface area contributed by atoms with Crippen LogP contribution in [0.1, 0.15) is 44.5 Å². The molecule has 0 radical (unpaired) electrons. The third-order valence-electron chi connectivity index (χ3n) is 5.82. The molecule has 3 amide bonds. The van der Waals surface area contributed by atoms with E-state index in [2.05, 4.69) is 27.0 Å². The summed E-state index contributed by atoms with van der Waals surface area (Å²) < 4.78 is 32.1. The highest BCUT2D eigenvalue weighted by atomic mass is 32.2. The topological polar surface area (TPSA) is 131 Å². The van der Waals surface area contributed by atoms with Gasteiger partial charge in [0.1, 0.15) is 5.00 Å². The van der Waals surface area contributed by atoms with Crippen molar-refractivity contribution in [3.63, 3.8) is 0 Å². The van der Waals surface area contributed by atoms with Gasteiger partial charge in [0.05, 0.1) is 17.6 Å². The van der Waals surface area contributed by atoms with Crippen LogP contribution in [0.3, 0.4) is 0 Å². The molecule has 0 spiro atoms. The van der Waals surface area contributed by atoms with E-state index in [9.17, 15) is 22.8 Å². The molecule has 4 rings (SSSR count). The van der Waals surface area contributed by atoms with Crippen molar-refractivity contribution in [2.75, 3.05) is 17.1 Å². The lowest BCUT2D eigenvalue weighted by Crippen LogP contribution is -2.31. The van der Waals surface area contributed by atoms with Gasteiger partial charge in [0, 0.05) is 16.1 Å². The number of alkyl carbamates (subject to hydrolysis) is 1.